The molecule has 1 aromatic heterocycles. The third-order valence-electron chi connectivity index (χ3n) is 4.35. The second-order valence-electron chi connectivity index (χ2n) is 5.91. The van der Waals surface area contributed by atoms with Crippen LogP contribution in [0.5, 0.6) is 11.5 Å². The van der Waals surface area contributed by atoms with Crippen molar-refractivity contribution in [3.63, 3.8) is 0 Å². The van der Waals surface area contributed by atoms with Crippen molar-refractivity contribution in [2.75, 3.05) is 20.0 Å². The minimum absolute atomic E-state index is 0.151. The first kappa shape index (κ1) is 18.6. The molecule has 0 aliphatic carbocycles. The van der Waals surface area contributed by atoms with Crippen molar-refractivity contribution in [1.82, 2.24) is 4.98 Å². The fourth-order valence-electron chi connectivity index (χ4n) is 3.07. The summed E-state index contributed by atoms with van der Waals surface area (Å²) < 4.78 is 10.9. The summed E-state index contributed by atoms with van der Waals surface area (Å²) in [7, 11) is 3.16. The molecule has 0 bridgehead atoms. The summed E-state index contributed by atoms with van der Waals surface area (Å²) in [6, 6.07) is 14.9. The Balaban J connectivity index is 2.38. The molecule has 27 heavy (non-hydrogen) atoms. The molecule has 0 amide bonds. The average Bonchev–Trinajstić information content (AvgIpc) is 2.68. The van der Waals surface area contributed by atoms with Crippen LogP contribution in [0.4, 0.5) is 5.82 Å². The molecular weight excluding hydrogens is 362 g/mol. The van der Waals surface area contributed by atoms with E-state index in [1.165, 1.54) is 0 Å². The van der Waals surface area contributed by atoms with E-state index in [2.05, 4.69) is 11.1 Å². The number of aromatic nitrogens is 1. The molecule has 0 saturated carbocycles. The number of hydrogen-bond acceptors (Lipinski definition) is 5. The van der Waals surface area contributed by atoms with E-state index < -0.39 is 0 Å². The van der Waals surface area contributed by atoms with Crippen molar-refractivity contribution in [3.05, 3.63) is 58.6 Å². The van der Waals surface area contributed by atoms with Gasteiger partial charge in [-0.25, -0.2) is 4.98 Å². The highest BCUT2D eigenvalue weighted by Crippen LogP contribution is 2.41. The maximum absolute atomic E-state index is 9.72. The zero-order valence-corrected chi connectivity index (χ0v) is 16.0. The average molecular weight is 380 g/mol. The first-order chi connectivity index (χ1) is 13.0. The summed E-state index contributed by atoms with van der Waals surface area (Å²) in [6.07, 6.45) is 0. The number of nitriles is 1. The zero-order chi connectivity index (χ0) is 19.6. The number of ether oxygens (including phenoxy) is 2. The molecule has 0 aliphatic rings. The van der Waals surface area contributed by atoms with Crippen molar-refractivity contribution in [1.29, 1.82) is 5.26 Å². The van der Waals surface area contributed by atoms with E-state index in [4.69, 9.17) is 26.8 Å². The lowest BCUT2D eigenvalue weighted by Crippen LogP contribution is -2.04. The lowest BCUT2D eigenvalue weighted by atomic mass is 9.92. The minimum atomic E-state index is 0.151. The first-order valence-corrected chi connectivity index (χ1v) is 8.56. The van der Waals surface area contributed by atoms with Crippen molar-refractivity contribution in [2.45, 2.75) is 6.92 Å². The van der Waals surface area contributed by atoms with Gasteiger partial charge in [0.2, 0.25) is 0 Å². The van der Waals surface area contributed by atoms with E-state index in [0.29, 0.717) is 38.9 Å². The Kier molecular flexibility index (Phi) is 5.20. The molecule has 2 N–H and O–H groups in total. The van der Waals surface area contributed by atoms with Gasteiger partial charge in [-0.05, 0) is 42.8 Å². The highest BCUT2D eigenvalue weighted by molar-refractivity contribution is 6.30. The van der Waals surface area contributed by atoms with E-state index in [9.17, 15) is 5.26 Å². The molecule has 3 rings (SSSR count). The molecule has 0 spiro atoms. The molecule has 1 heterocycles. The van der Waals surface area contributed by atoms with Crippen LogP contribution in [-0.4, -0.2) is 19.2 Å². The largest absolute Gasteiger partial charge is 0.497 e. The molecule has 0 radical (unpaired) electrons. The number of nitrogens with two attached hydrogens (primary N) is 1. The summed E-state index contributed by atoms with van der Waals surface area (Å²) >= 11 is 6.14. The van der Waals surface area contributed by atoms with Gasteiger partial charge in [0.25, 0.3) is 0 Å². The van der Waals surface area contributed by atoms with Crippen LogP contribution >= 0.6 is 11.6 Å². The number of anilines is 1. The molecule has 0 saturated heterocycles. The molecule has 0 fully saturated rings. The van der Waals surface area contributed by atoms with Crippen LogP contribution in [-0.2, 0) is 0 Å². The van der Waals surface area contributed by atoms with E-state index in [0.717, 1.165) is 11.1 Å². The number of rotatable bonds is 4. The second kappa shape index (κ2) is 7.56. The number of nitrogens with zero attached hydrogens (tertiary/aromatic N) is 2. The Morgan fingerprint density at radius 2 is 1.89 bits per heavy atom. The quantitative estimate of drug-likeness (QED) is 0.700. The van der Waals surface area contributed by atoms with Crippen LogP contribution in [0.15, 0.2) is 42.5 Å². The zero-order valence-electron chi connectivity index (χ0n) is 15.2. The van der Waals surface area contributed by atoms with Crippen molar-refractivity contribution in [3.8, 4) is 40.0 Å². The van der Waals surface area contributed by atoms with Crippen molar-refractivity contribution < 1.29 is 9.47 Å². The fraction of sp³-hybridized carbons (Fsp3) is 0.143. The standard InChI is InChI=1S/C21H18ClN3O2/c1-12-19(16-10-15(26-2)7-8-18(16)27-3)17(11-23)21(24)25-20(12)13-5-4-6-14(22)9-13/h4-10H,1-3H3,(H2,24,25). The van der Waals surface area contributed by atoms with Gasteiger partial charge < -0.3 is 15.2 Å². The Hall–Kier alpha value is -3.23. The summed E-state index contributed by atoms with van der Waals surface area (Å²) in [5.74, 6) is 1.41. The summed E-state index contributed by atoms with van der Waals surface area (Å²) in [5, 5.41) is 10.3. The van der Waals surface area contributed by atoms with Gasteiger partial charge in [0.1, 0.15) is 28.9 Å². The van der Waals surface area contributed by atoms with E-state index in [-0.39, 0.29) is 5.82 Å². The van der Waals surface area contributed by atoms with Gasteiger partial charge in [-0.2, -0.15) is 5.26 Å². The maximum atomic E-state index is 9.72. The van der Waals surface area contributed by atoms with Gasteiger partial charge in [-0.1, -0.05) is 23.7 Å². The molecule has 3 aromatic rings. The lowest BCUT2D eigenvalue weighted by Gasteiger charge is -2.18. The molecule has 5 nitrogen and oxygen atoms in total. The Labute approximate surface area is 162 Å². The number of nitrogen functional groups attached to an aromatic ring is 1. The number of benzene rings is 2. The third-order valence-corrected chi connectivity index (χ3v) is 4.59. The number of pyridine rings is 1. The third kappa shape index (κ3) is 3.40. The molecule has 0 unspecified atom stereocenters. The van der Waals surface area contributed by atoms with Crippen molar-refractivity contribution >= 4 is 17.4 Å². The SMILES string of the molecule is COc1ccc(OC)c(-c2c(C)c(-c3cccc(Cl)c3)nc(N)c2C#N)c1. The second-order valence-corrected chi connectivity index (χ2v) is 6.35. The summed E-state index contributed by atoms with van der Waals surface area (Å²) in [6.45, 7) is 1.90. The predicted molar refractivity (Wildman–Crippen MR) is 107 cm³/mol. The monoisotopic (exact) mass is 379 g/mol. The van der Waals surface area contributed by atoms with Crippen LogP contribution in [0, 0.1) is 18.3 Å². The van der Waals surface area contributed by atoms with Crippen LogP contribution in [0.3, 0.4) is 0 Å². The molecule has 2 aromatic carbocycles. The summed E-state index contributed by atoms with van der Waals surface area (Å²) in [4.78, 5) is 4.46. The highest BCUT2D eigenvalue weighted by atomic mass is 35.5. The Bertz CT molecular complexity index is 1060. The predicted octanol–water partition coefficient (Wildman–Crippen LogP) is 4.85. The van der Waals surface area contributed by atoms with Crippen LogP contribution in [0.1, 0.15) is 11.1 Å². The van der Waals surface area contributed by atoms with Gasteiger partial charge in [-0.15, -0.1) is 0 Å². The number of halogens is 1. The van der Waals surface area contributed by atoms with E-state index >= 15 is 0 Å². The maximum Gasteiger partial charge on any atom is 0.142 e. The van der Waals surface area contributed by atoms with Gasteiger partial charge in [0, 0.05) is 21.7 Å². The van der Waals surface area contributed by atoms with Gasteiger partial charge in [0.05, 0.1) is 19.9 Å². The Morgan fingerprint density at radius 3 is 2.52 bits per heavy atom. The lowest BCUT2D eigenvalue weighted by molar-refractivity contribution is 0.404. The molecule has 136 valence electrons. The van der Waals surface area contributed by atoms with Crippen LogP contribution < -0.4 is 15.2 Å². The highest BCUT2D eigenvalue weighted by Gasteiger charge is 2.21. The molecule has 6 heteroatoms. The van der Waals surface area contributed by atoms with Gasteiger partial charge >= 0.3 is 0 Å². The number of hydrogen-bond donors (Lipinski definition) is 1. The van der Waals surface area contributed by atoms with E-state index in [1.807, 2.05) is 31.2 Å². The summed E-state index contributed by atoms with van der Waals surface area (Å²) in [5.41, 5.74) is 10.1. The molecule has 0 aliphatic heterocycles. The Morgan fingerprint density at radius 1 is 1.11 bits per heavy atom. The van der Waals surface area contributed by atoms with E-state index in [1.54, 1.807) is 32.4 Å². The van der Waals surface area contributed by atoms with Gasteiger partial charge in [0.15, 0.2) is 0 Å². The van der Waals surface area contributed by atoms with Gasteiger partial charge in [-0.3, -0.25) is 0 Å². The normalized spacial score (nSPS) is 10.3. The minimum Gasteiger partial charge on any atom is -0.497 e. The fourth-order valence-corrected chi connectivity index (χ4v) is 3.26. The van der Waals surface area contributed by atoms with Crippen LogP contribution in [0.2, 0.25) is 5.02 Å². The molecular formula is C21H18ClN3O2. The topological polar surface area (TPSA) is 81.2 Å². The first-order valence-electron chi connectivity index (χ1n) is 8.18. The van der Waals surface area contributed by atoms with Crippen LogP contribution in [0.25, 0.3) is 22.4 Å². The number of methoxy groups -OCH3 is 2. The smallest absolute Gasteiger partial charge is 0.142 e. The van der Waals surface area contributed by atoms with Crippen molar-refractivity contribution in [2.24, 2.45) is 0 Å². The molecule has 0 atom stereocenters.